The summed E-state index contributed by atoms with van der Waals surface area (Å²) in [5.74, 6) is 0.971. The molecule has 1 fully saturated rings. The fourth-order valence-corrected chi connectivity index (χ4v) is 2.85. The van der Waals surface area contributed by atoms with E-state index >= 15 is 0 Å². The summed E-state index contributed by atoms with van der Waals surface area (Å²) in [6.45, 7) is 3.13. The Labute approximate surface area is 90.4 Å². The number of rotatable bonds is 6. The third-order valence-electron chi connectivity index (χ3n) is 2.65. The zero-order valence-electron chi connectivity index (χ0n) is 8.82. The SMILES string of the molecule is CCC(N)C(CO)SCC1CCCO1. The molecule has 4 heteroatoms. The van der Waals surface area contributed by atoms with Crippen LogP contribution in [-0.2, 0) is 4.74 Å². The van der Waals surface area contributed by atoms with Crippen molar-refractivity contribution in [3.63, 3.8) is 0 Å². The van der Waals surface area contributed by atoms with Crippen LogP contribution < -0.4 is 5.73 Å². The van der Waals surface area contributed by atoms with Crippen molar-refractivity contribution in [2.75, 3.05) is 19.0 Å². The van der Waals surface area contributed by atoms with E-state index in [0.717, 1.165) is 25.2 Å². The second-order valence-corrected chi connectivity index (χ2v) is 5.03. The first-order chi connectivity index (χ1) is 6.77. The maximum atomic E-state index is 9.16. The van der Waals surface area contributed by atoms with Crippen molar-refractivity contribution in [3.05, 3.63) is 0 Å². The van der Waals surface area contributed by atoms with Crippen LogP contribution in [0, 0.1) is 0 Å². The van der Waals surface area contributed by atoms with Crippen molar-refractivity contribution in [1.29, 1.82) is 0 Å². The van der Waals surface area contributed by atoms with Gasteiger partial charge in [0, 0.05) is 23.7 Å². The molecule has 1 heterocycles. The Hall–Kier alpha value is 0.230. The van der Waals surface area contributed by atoms with Crippen LogP contribution in [0.15, 0.2) is 0 Å². The van der Waals surface area contributed by atoms with Crippen LogP contribution in [0.1, 0.15) is 26.2 Å². The Kier molecular flexibility index (Phi) is 5.86. The highest BCUT2D eigenvalue weighted by molar-refractivity contribution is 8.00. The Balaban J connectivity index is 2.19. The minimum absolute atomic E-state index is 0.103. The van der Waals surface area contributed by atoms with Crippen molar-refractivity contribution in [1.82, 2.24) is 0 Å². The number of thioether (sulfide) groups is 1. The molecular weight excluding hydrogens is 198 g/mol. The second-order valence-electron chi connectivity index (χ2n) is 3.76. The first-order valence-corrected chi connectivity index (χ1v) is 6.42. The van der Waals surface area contributed by atoms with Crippen LogP contribution in [0.5, 0.6) is 0 Å². The Bertz CT molecular complexity index is 151. The van der Waals surface area contributed by atoms with Crippen molar-refractivity contribution >= 4 is 11.8 Å². The van der Waals surface area contributed by atoms with Crippen LogP contribution >= 0.6 is 11.8 Å². The van der Waals surface area contributed by atoms with Gasteiger partial charge in [0.1, 0.15) is 0 Å². The zero-order valence-corrected chi connectivity index (χ0v) is 9.63. The minimum atomic E-state index is 0.103. The molecule has 1 saturated heterocycles. The van der Waals surface area contributed by atoms with Gasteiger partial charge < -0.3 is 15.6 Å². The van der Waals surface area contributed by atoms with Crippen LogP contribution in [0.25, 0.3) is 0 Å². The largest absolute Gasteiger partial charge is 0.395 e. The van der Waals surface area contributed by atoms with E-state index in [1.54, 1.807) is 11.8 Å². The predicted octanol–water partition coefficient (Wildman–Crippen LogP) is 0.997. The molecular formula is C10H21NO2S. The first kappa shape index (κ1) is 12.3. The molecule has 3 unspecified atom stereocenters. The second kappa shape index (κ2) is 6.67. The van der Waals surface area contributed by atoms with E-state index < -0.39 is 0 Å². The summed E-state index contributed by atoms with van der Waals surface area (Å²) in [5, 5.41) is 9.33. The van der Waals surface area contributed by atoms with E-state index in [1.807, 2.05) is 0 Å². The van der Waals surface area contributed by atoms with Crippen LogP contribution in [0.4, 0.5) is 0 Å². The molecule has 0 aromatic rings. The average Bonchev–Trinajstić information content (AvgIpc) is 2.71. The topological polar surface area (TPSA) is 55.5 Å². The molecule has 0 aromatic carbocycles. The van der Waals surface area contributed by atoms with E-state index in [0.29, 0.717) is 6.10 Å². The molecule has 0 aliphatic carbocycles. The third-order valence-corrected chi connectivity index (χ3v) is 4.14. The lowest BCUT2D eigenvalue weighted by molar-refractivity contribution is 0.128. The molecule has 14 heavy (non-hydrogen) atoms. The monoisotopic (exact) mass is 219 g/mol. The summed E-state index contributed by atoms with van der Waals surface area (Å²) in [6.07, 6.45) is 3.64. The van der Waals surface area contributed by atoms with Gasteiger partial charge in [0.2, 0.25) is 0 Å². The van der Waals surface area contributed by atoms with E-state index in [-0.39, 0.29) is 17.9 Å². The maximum absolute atomic E-state index is 9.16. The van der Waals surface area contributed by atoms with Crippen molar-refractivity contribution in [2.45, 2.75) is 43.6 Å². The fourth-order valence-electron chi connectivity index (χ4n) is 1.58. The molecule has 0 aromatic heterocycles. The lowest BCUT2D eigenvalue weighted by Gasteiger charge is -2.21. The third kappa shape index (κ3) is 3.77. The van der Waals surface area contributed by atoms with Crippen LogP contribution in [-0.4, -0.2) is 41.5 Å². The van der Waals surface area contributed by atoms with Crippen molar-refractivity contribution in [3.8, 4) is 0 Å². The normalized spacial score (nSPS) is 26.4. The molecule has 3 N–H and O–H groups in total. The van der Waals surface area contributed by atoms with Gasteiger partial charge in [-0.1, -0.05) is 6.92 Å². The standard InChI is InChI=1S/C10H21NO2S/c1-2-9(11)10(6-12)14-7-8-4-3-5-13-8/h8-10,12H,2-7,11H2,1H3. The summed E-state index contributed by atoms with van der Waals surface area (Å²) >= 11 is 1.75. The zero-order chi connectivity index (χ0) is 10.4. The summed E-state index contributed by atoms with van der Waals surface area (Å²) in [5.41, 5.74) is 5.89. The van der Waals surface area contributed by atoms with Gasteiger partial charge in [-0.25, -0.2) is 0 Å². The molecule has 1 aliphatic heterocycles. The number of hydrogen-bond acceptors (Lipinski definition) is 4. The van der Waals surface area contributed by atoms with Crippen LogP contribution in [0.2, 0.25) is 0 Å². The van der Waals surface area contributed by atoms with Gasteiger partial charge in [0.25, 0.3) is 0 Å². The van der Waals surface area contributed by atoms with Crippen molar-refractivity contribution < 1.29 is 9.84 Å². The summed E-state index contributed by atoms with van der Waals surface area (Å²) in [7, 11) is 0. The van der Waals surface area contributed by atoms with Gasteiger partial charge >= 0.3 is 0 Å². The molecule has 0 bridgehead atoms. The quantitative estimate of drug-likeness (QED) is 0.699. The molecule has 0 saturated carbocycles. The molecule has 0 radical (unpaired) electrons. The molecule has 3 atom stereocenters. The lowest BCUT2D eigenvalue weighted by Crippen LogP contribution is -2.35. The van der Waals surface area contributed by atoms with Gasteiger partial charge in [-0.05, 0) is 19.3 Å². The van der Waals surface area contributed by atoms with E-state index in [4.69, 9.17) is 15.6 Å². The number of aliphatic hydroxyl groups is 1. The Morgan fingerprint density at radius 2 is 2.43 bits per heavy atom. The maximum Gasteiger partial charge on any atom is 0.0666 e. The smallest absolute Gasteiger partial charge is 0.0666 e. The Morgan fingerprint density at radius 3 is 2.93 bits per heavy atom. The molecule has 0 amide bonds. The van der Waals surface area contributed by atoms with Gasteiger partial charge in [0.05, 0.1) is 12.7 Å². The highest BCUT2D eigenvalue weighted by Crippen LogP contribution is 2.22. The summed E-state index contributed by atoms with van der Waals surface area (Å²) in [4.78, 5) is 0. The summed E-state index contributed by atoms with van der Waals surface area (Å²) < 4.78 is 5.52. The number of ether oxygens (including phenoxy) is 1. The fraction of sp³-hybridized carbons (Fsp3) is 1.00. The molecule has 84 valence electrons. The molecule has 1 rings (SSSR count). The van der Waals surface area contributed by atoms with Gasteiger partial charge in [-0.2, -0.15) is 11.8 Å². The van der Waals surface area contributed by atoms with Gasteiger partial charge in [-0.15, -0.1) is 0 Å². The highest BCUT2D eigenvalue weighted by Gasteiger charge is 2.20. The molecule has 3 nitrogen and oxygen atoms in total. The lowest BCUT2D eigenvalue weighted by atomic mass is 10.2. The molecule has 0 spiro atoms. The van der Waals surface area contributed by atoms with Gasteiger partial charge in [-0.3, -0.25) is 0 Å². The summed E-state index contributed by atoms with van der Waals surface area (Å²) in [6, 6.07) is 0.103. The highest BCUT2D eigenvalue weighted by atomic mass is 32.2. The van der Waals surface area contributed by atoms with Crippen molar-refractivity contribution in [2.24, 2.45) is 5.73 Å². The first-order valence-electron chi connectivity index (χ1n) is 5.37. The number of nitrogens with two attached hydrogens (primary N) is 1. The predicted molar refractivity (Wildman–Crippen MR) is 60.6 cm³/mol. The molecule has 1 aliphatic rings. The minimum Gasteiger partial charge on any atom is -0.395 e. The van der Waals surface area contributed by atoms with E-state index in [9.17, 15) is 0 Å². The van der Waals surface area contributed by atoms with Crippen LogP contribution in [0.3, 0.4) is 0 Å². The Morgan fingerprint density at radius 1 is 1.64 bits per heavy atom. The van der Waals surface area contributed by atoms with E-state index in [2.05, 4.69) is 6.92 Å². The average molecular weight is 219 g/mol. The van der Waals surface area contributed by atoms with E-state index in [1.165, 1.54) is 6.42 Å². The number of aliphatic hydroxyl groups excluding tert-OH is 1. The van der Waals surface area contributed by atoms with Gasteiger partial charge in [0.15, 0.2) is 0 Å². The number of hydrogen-bond donors (Lipinski definition) is 2.